The summed E-state index contributed by atoms with van der Waals surface area (Å²) in [6.07, 6.45) is 0.198. The van der Waals surface area contributed by atoms with E-state index in [9.17, 15) is 4.79 Å². The molecule has 0 unspecified atom stereocenters. The predicted octanol–water partition coefficient (Wildman–Crippen LogP) is 3.22. The molecule has 114 valence electrons. The zero-order chi connectivity index (χ0) is 15.5. The van der Waals surface area contributed by atoms with Gasteiger partial charge < -0.3 is 14.2 Å². The van der Waals surface area contributed by atoms with Crippen LogP contribution >= 0.6 is 0 Å². The average molecular weight is 298 g/mol. The Bertz CT molecular complexity index is 706. The molecule has 0 N–H and O–H groups in total. The van der Waals surface area contributed by atoms with Gasteiger partial charge in [-0.2, -0.15) is 0 Å². The minimum atomic E-state index is -0.292. The lowest BCUT2D eigenvalue weighted by atomic mass is 10.1. The second kappa shape index (κ2) is 6.10. The molecule has 0 saturated carbocycles. The van der Waals surface area contributed by atoms with E-state index in [4.69, 9.17) is 14.2 Å². The lowest BCUT2D eigenvalue weighted by molar-refractivity contribution is -0.133. The molecule has 0 aliphatic carbocycles. The van der Waals surface area contributed by atoms with Gasteiger partial charge in [0.2, 0.25) is 0 Å². The van der Waals surface area contributed by atoms with Crippen LogP contribution in [0.15, 0.2) is 36.4 Å². The van der Waals surface area contributed by atoms with Crippen LogP contribution in [0.25, 0.3) is 0 Å². The zero-order valence-electron chi connectivity index (χ0n) is 12.7. The second-order valence-electron chi connectivity index (χ2n) is 5.37. The third kappa shape index (κ3) is 3.22. The van der Waals surface area contributed by atoms with Crippen molar-refractivity contribution in [1.82, 2.24) is 0 Å². The molecule has 0 saturated heterocycles. The minimum Gasteiger partial charge on any atom is -0.486 e. The first-order valence-corrected chi connectivity index (χ1v) is 7.28. The Hall–Kier alpha value is -2.49. The van der Waals surface area contributed by atoms with Crippen molar-refractivity contribution >= 4 is 5.97 Å². The fourth-order valence-electron chi connectivity index (χ4n) is 2.31. The molecule has 22 heavy (non-hydrogen) atoms. The van der Waals surface area contributed by atoms with E-state index in [2.05, 4.69) is 0 Å². The Balaban J connectivity index is 1.67. The standard InChI is InChI=1S/C18H18O4/c1-12-3-5-15(9-13(12)2)22-18(19)11-14-4-6-16-17(10-14)21-8-7-20-16/h3-6,9-10H,7-8,11H2,1-2H3. The van der Waals surface area contributed by atoms with Crippen molar-refractivity contribution in [1.29, 1.82) is 0 Å². The maximum Gasteiger partial charge on any atom is 0.315 e. The quantitative estimate of drug-likeness (QED) is 0.644. The van der Waals surface area contributed by atoms with Gasteiger partial charge in [-0.15, -0.1) is 0 Å². The van der Waals surface area contributed by atoms with Crippen molar-refractivity contribution < 1.29 is 19.0 Å². The molecule has 3 rings (SSSR count). The number of fused-ring (bicyclic) bond motifs is 1. The van der Waals surface area contributed by atoms with Crippen molar-refractivity contribution in [2.24, 2.45) is 0 Å². The smallest absolute Gasteiger partial charge is 0.315 e. The molecule has 2 aromatic rings. The molecular weight excluding hydrogens is 280 g/mol. The first-order chi connectivity index (χ1) is 10.6. The number of rotatable bonds is 3. The van der Waals surface area contributed by atoms with E-state index in [1.54, 1.807) is 0 Å². The monoisotopic (exact) mass is 298 g/mol. The summed E-state index contributed by atoms with van der Waals surface area (Å²) in [6, 6.07) is 11.1. The van der Waals surface area contributed by atoms with Gasteiger partial charge in [0.15, 0.2) is 11.5 Å². The third-order valence-electron chi connectivity index (χ3n) is 3.67. The van der Waals surface area contributed by atoms with Gasteiger partial charge in [-0.3, -0.25) is 4.79 Å². The number of benzene rings is 2. The predicted molar refractivity (Wildman–Crippen MR) is 82.7 cm³/mol. The molecule has 1 heterocycles. The van der Waals surface area contributed by atoms with Crippen molar-refractivity contribution in [3.63, 3.8) is 0 Å². The van der Waals surface area contributed by atoms with Gasteiger partial charge in [0, 0.05) is 0 Å². The molecule has 0 aromatic heterocycles. The topological polar surface area (TPSA) is 44.8 Å². The number of carbonyl (C=O) groups excluding carboxylic acids is 1. The van der Waals surface area contributed by atoms with E-state index in [0.29, 0.717) is 24.7 Å². The summed E-state index contributed by atoms with van der Waals surface area (Å²) in [5.74, 6) is 1.69. The maximum absolute atomic E-state index is 12.1. The Labute approximate surface area is 129 Å². The van der Waals surface area contributed by atoms with E-state index < -0.39 is 0 Å². The summed E-state index contributed by atoms with van der Waals surface area (Å²) in [7, 11) is 0. The Morgan fingerprint density at radius 3 is 2.55 bits per heavy atom. The molecule has 0 bridgehead atoms. The molecule has 4 heteroatoms. The fourth-order valence-corrected chi connectivity index (χ4v) is 2.31. The number of aryl methyl sites for hydroxylation is 2. The third-order valence-corrected chi connectivity index (χ3v) is 3.67. The highest BCUT2D eigenvalue weighted by atomic mass is 16.6. The minimum absolute atomic E-state index is 0.198. The van der Waals surface area contributed by atoms with Gasteiger partial charge in [-0.1, -0.05) is 12.1 Å². The summed E-state index contributed by atoms with van der Waals surface area (Å²) >= 11 is 0. The zero-order valence-corrected chi connectivity index (χ0v) is 12.7. The summed E-state index contributed by atoms with van der Waals surface area (Å²) < 4.78 is 16.4. The number of esters is 1. The SMILES string of the molecule is Cc1ccc(OC(=O)Cc2ccc3c(c2)OCCO3)cc1C. The van der Waals surface area contributed by atoms with E-state index >= 15 is 0 Å². The van der Waals surface area contributed by atoms with Crippen LogP contribution in [0.1, 0.15) is 16.7 Å². The Morgan fingerprint density at radius 1 is 1.00 bits per heavy atom. The molecule has 0 amide bonds. The van der Waals surface area contributed by atoms with Crippen LogP contribution in [0.4, 0.5) is 0 Å². The van der Waals surface area contributed by atoms with Gasteiger partial charge in [-0.25, -0.2) is 0 Å². The molecule has 0 radical (unpaired) electrons. The highest BCUT2D eigenvalue weighted by Gasteiger charge is 2.14. The number of carbonyl (C=O) groups is 1. The first-order valence-electron chi connectivity index (χ1n) is 7.28. The van der Waals surface area contributed by atoms with Gasteiger partial charge in [0.05, 0.1) is 6.42 Å². The molecule has 1 aliphatic heterocycles. The van der Waals surface area contributed by atoms with Crippen LogP contribution in [0.5, 0.6) is 17.2 Å². The van der Waals surface area contributed by atoms with Crippen molar-refractivity contribution in [2.75, 3.05) is 13.2 Å². The molecule has 4 nitrogen and oxygen atoms in total. The molecule has 1 aliphatic rings. The number of hydrogen-bond acceptors (Lipinski definition) is 4. The first kappa shape index (κ1) is 14.4. The summed E-state index contributed by atoms with van der Waals surface area (Å²) in [5, 5.41) is 0. The lowest BCUT2D eigenvalue weighted by Crippen LogP contribution is -2.16. The molecule has 2 aromatic carbocycles. The van der Waals surface area contributed by atoms with Crippen molar-refractivity contribution in [3.8, 4) is 17.2 Å². The molecular formula is C18H18O4. The summed E-state index contributed by atoms with van der Waals surface area (Å²) in [4.78, 5) is 12.1. The van der Waals surface area contributed by atoms with E-state index in [1.165, 1.54) is 5.56 Å². The van der Waals surface area contributed by atoms with Crippen LogP contribution in [-0.4, -0.2) is 19.2 Å². The van der Waals surface area contributed by atoms with Crippen LogP contribution in [0.3, 0.4) is 0 Å². The average Bonchev–Trinajstić information content (AvgIpc) is 2.51. The Kier molecular flexibility index (Phi) is 4.00. The highest BCUT2D eigenvalue weighted by molar-refractivity contribution is 5.75. The largest absolute Gasteiger partial charge is 0.486 e. The van der Waals surface area contributed by atoms with E-state index in [1.807, 2.05) is 50.2 Å². The van der Waals surface area contributed by atoms with Crippen molar-refractivity contribution in [3.05, 3.63) is 53.1 Å². The fraction of sp³-hybridized carbons (Fsp3) is 0.278. The Morgan fingerprint density at radius 2 is 1.77 bits per heavy atom. The van der Waals surface area contributed by atoms with Crippen LogP contribution in [-0.2, 0) is 11.2 Å². The number of ether oxygens (including phenoxy) is 3. The van der Waals surface area contributed by atoms with Crippen LogP contribution < -0.4 is 14.2 Å². The molecule has 0 atom stereocenters. The second-order valence-corrected chi connectivity index (χ2v) is 5.37. The van der Waals surface area contributed by atoms with Gasteiger partial charge in [0.1, 0.15) is 19.0 Å². The van der Waals surface area contributed by atoms with E-state index in [0.717, 1.165) is 16.9 Å². The summed E-state index contributed by atoms with van der Waals surface area (Å²) in [5.41, 5.74) is 3.12. The number of hydrogen-bond donors (Lipinski definition) is 0. The van der Waals surface area contributed by atoms with E-state index in [-0.39, 0.29) is 12.4 Å². The van der Waals surface area contributed by atoms with Crippen LogP contribution in [0, 0.1) is 13.8 Å². The molecule has 0 fully saturated rings. The lowest BCUT2D eigenvalue weighted by Gasteiger charge is -2.18. The summed E-state index contributed by atoms with van der Waals surface area (Å²) in [6.45, 7) is 5.11. The van der Waals surface area contributed by atoms with Gasteiger partial charge in [-0.05, 0) is 54.8 Å². The van der Waals surface area contributed by atoms with Gasteiger partial charge >= 0.3 is 5.97 Å². The normalized spacial score (nSPS) is 12.8. The van der Waals surface area contributed by atoms with Gasteiger partial charge in [0.25, 0.3) is 0 Å². The van der Waals surface area contributed by atoms with Crippen molar-refractivity contribution in [2.45, 2.75) is 20.3 Å². The highest BCUT2D eigenvalue weighted by Crippen LogP contribution is 2.31. The molecule has 0 spiro atoms. The maximum atomic E-state index is 12.1. The van der Waals surface area contributed by atoms with Crippen LogP contribution in [0.2, 0.25) is 0 Å².